The Morgan fingerprint density at radius 1 is 1.55 bits per heavy atom. The fourth-order valence-electron chi connectivity index (χ4n) is 2.78. The number of nitrogens with two attached hydrogens (primary N) is 1. The van der Waals surface area contributed by atoms with Crippen molar-refractivity contribution in [2.24, 2.45) is 5.73 Å². The first-order valence-electron chi connectivity index (χ1n) is 6.79. The fourth-order valence-corrected chi connectivity index (χ4v) is 3.10. The highest BCUT2D eigenvalue weighted by Gasteiger charge is 2.29. The van der Waals surface area contributed by atoms with E-state index >= 15 is 0 Å². The zero-order chi connectivity index (χ0) is 14.3. The summed E-state index contributed by atoms with van der Waals surface area (Å²) in [5.74, 6) is -0.185. The SMILES string of the molecule is CN(CC1CCCO1)c1cc2c(cc1Cl)C(N)C(=O)N2. The van der Waals surface area contributed by atoms with E-state index in [-0.39, 0.29) is 12.0 Å². The molecule has 2 unspecified atom stereocenters. The molecular formula is C14H18ClN3O2. The molecule has 5 nitrogen and oxygen atoms in total. The van der Waals surface area contributed by atoms with Crippen LogP contribution in [0.3, 0.4) is 0 Å². The van der Waals surface area contributed by atoms with Gasteiger partial charge >= 0.3 is 0 Å². The van der Waals surface area contributed by atoms with Crippen molar-refractivity contribution in [1.82, 2.24) is 0 Å². The maximum absolute atomic E-state index is 11.6. The van der Waals surface area contributed by atoms with Gasteiger partial charge in [0.2, 0.25) is 5.91 Å². The third-order valence-electron chi connectivity index (χ3n) is 3.91. The van der Waals surface area contributed by atoms with E-state index in [9.17, 15) is 4.79 Å². The van der Waals surface area contributed by atoms with Crippen LogP contribution in [-0.4, -0.2) is 32.2 Å². The highest BCUT2D eigenvalue weighted by Crippen LogP contribution is 2.38. The molecule has 0 radical (unpaired) electrons. The fraction of sp³-hybridized carbons (Fsp3) is 0.500. The molecule has 0 spiro atoms. The number of nitrogens with one attached hydrogen (secondary N) is 1. The lowest BCUT2D eigenvalue weighted by Crippen LogP contribution is -2.28. The van der Waals surface area contributed by atoms with Crippen molar-refractivity contribution >= 4 is 28.9 Å². The van der Waals surface area contributed by atoms with Crippen LogP contribution in [0.15, 0.2) is 12.1 Å². The number of hydrogen-bond acceptors (Lipinski definition) is 4. The summed E-state index contributed by atoms with van der Waals surface area (Å²) >= 11 is 6.32. The topological polar surface area (TPSA) is 67.6 Å². The molecule has 3 rings (SSSR count). The Morgan fingerprint density at radius 3 is 3.05 bits per heavy atom. The van der Waals surface area contributed by atoms with Crippen LogP contribution in [0.2, 0.25) is 5.02 Å². The van der Waals surface area contributed by atoms with Crippen molar-refractivity contribution < 1.29 is 9.53 Å². The number of fused-ring (bicyclic) bond motifs is 1. The Balaban J connectivity index is 1.83. The summed E-state index contributed by atoms with van der Waals surface area (Å²) in [6.45, 7) is 1.62. The lowest BCUT2D eigenvalue weighted by molar-refractivity contribution is -0.116. The number of likely N-dealkylation sites (N-methyl/N-ethyl adjacent to an activating group) is 1. The summed E-state index contributed by atoms with van der Waals surface area (Å²) in [4.78, 5) is 13.7. The smallest absolute Gasteiger partial charge is 0.245 e. The maximum atomic E-state index is 11.6. The Labute approximate surface area is 123 Å². The van der Waals surface area contributed by atoms with E-state index in [0.29, 0.717) is 5.02 Å². The van der Waals surface area contributed by atoms with Crippen LogP contribution in [0.5, 0.6) is 0 Å². The lowest BCUT2D eigenvalue weighted by atomic mass is 10.1. The second kappa shape index (κ2) is 5.24. The molecule has 20 heavy (non-hydrogen) atoms. The van der Waals surface area contributed by atoms with Gasteiger partial charge in [-0.2, -0.15) is 0 Å². The molecule has 1 aromatic rings. The van der Waals surface area contributed by atoms with E-state index in [1.54, 1.807) is 6.07 Å². The van der Waals surface area contributed by atoms with Gasteiger partial charge in [-0.1, -0.05) is 11.6 Å². The van der Waals surface area contributed by atoms with E-state index in [1.165, 1.54) is 0 Å². The Hall–Kier alpha value is -1.30. The Kier molecular flexibility index (Phi) is 3.58. The summed E-state index contributed by atoms with van der Waals surface area (Å²) in [6, 6.07) is 3.04. The molecule has 0 saturated carbocycles. The number of benzene rings is 1. The summed E-state index contributed by atoms with van der Waals surface area (Å²) < 4.78 is 5.64. The van der Waals surface area contributed by atoms with Crippen molar-refractivity contribution in [1.29, 1.82) is 0 Å². The Bertz CT molecular complexity index is 543. The first-order chi connectivity index (χ1) is 9.56. The molecule has 3 N–H and O–H groups in total. The third kappa shape index (κ3) is 2.37. The first-order valence-corrected chi connectivity index (χ1v) is 7.16. The van der Waals surface area contributed by atoms with Crippen LogP contribution < -0.4 is 16.0 Å². The van der Waals surface area contributed by atoms with Crippen LogP contribution in [0.25, 0.3) is 0 Å². The van der Waals surface area contributed by atoms with Crippen molar-refractivity contribution in [2.75, 3.05) is 30.4 Å². The predicted octanol–water partition coefficient (Wildman–Crippen LogP) is 1.91. The number of nitrogens with zero attached hydrogens (tertiary/aromatic N) is 1. The number of halogens is 1. The molecule has 2 atom stereocenters. The predicted molar refractivity (Wildman–Crippen MR) is 79.3 cm³/mol. The lowest BCUT2D eigenvalue weighted by Gasteiger charge is -2.24. The number of amides is 1. The number of hydrogen-bond donors (Lipinski definition) is 2. The van der Waals surface area contributed by atoms with Gasteiger partial charge in [0.1, 0.15) is 6.04 Å². The van der Waals surface area contributed by atoms with Gasteiger partial charge in [0.25, 0.3) is 0 Å². The molecule has 0 aromatic heterocycles. The minimum atomic E-state index is -0.625. The van der Waals surface area contributed by atoms with E-state index in [2.05, 4.69) is 10.2 Å². The second-order valence-corrected chi connectivity index (χ2v) is 5.78. The first kappa shape index (κ1) is 13.7. The maximum Gasteiger partial charge on any atom is 0.245 e. The third-order valence-corrected chi connectivity index (χ3v) is 4.21. The molecule has 6 heteroatoms. The molecular weight excluding hydrogens is 278 g/mol. The monoisotopic (exact) mass is 295 g/mol. The van der Waals surface area contributed by atoms with Crippen molar-refractivity contribution in [3.63, 3.8) is 0 Å². The van der Waals surface area contributed by atoms with Crippen LogP contribution in [0.1, 0.15) is 24.4 Å². The second-order valence-electron chi connectivity index (χ2n) is 5.37. The van der Waals surface area contributed by atoms with Crippen LogP contribution in [0, 0.1) is 0 Å². The van der Waals surface area contributed by atoms with E-state index in [0.717, 1.165) is 42.9 Å². The van der Waals surface area contributed by atoms with Gasteiger partial charge in [-0.05, 0) is 25.0 Å². The summed E-state index contributed by atoms with van der Waals surface area (Å²) in [5.41, 5.74) is 8.21. The summed E-state index contributed by atoms with van der Waals surface area (Å²) in [6.07, 6.45) is 2.44. The zero-order valence-corrected chi connectivity index (χ0v) is 12.1. The average Bonchev–Trinajstić information content (AvgIpc) is 3.00. The van der Waals surface area contributed by atoms with Gasteiger partial charge < -0.3 is 20.7 Å². The normalized spacial score (nSPS) is 24.6. The number of ether oxygens (including phenoxy) is 1. The van der Waals surface area contributed by atoms with Crippen LogP contribution in [0.4, 0.5) is 11.4 Å². The van der Waals surface area contributed by atoms with Crippen molar-refractivity contribution in [3.8, 4) is 0 Å². The molecule has 1 aromatic carbocycles. The highest BCUT2D eigenvalue weighted by atomic mass is 35.5. The molecule has 1 fully saturated rings. The summed E-state index contributed by atoms with van der Waals surface area (Å²) in [5, 5.41) is 3.39. The van der Waals surface area contributed by atoms with Crippen LogP contribution in [-0.2, 0) is 9.53 Å². The number of rotatable bonds is 3. The van der Waals surface area contributed by atoms with Crippen molar-refractivity contribution in [3.05, 3.63) is 22.7 Å². The standard InChI is InChI=1S/C14H18ClN3O2/c1-18(7-8-3-2-4-20-8)12-6-11-9(5-10(12)15)13(16)14(19)17-11/h5-6,8,13H,2-4,7,16H2,1H3,(H,17,19). The van der Waals surface area contributed by atoms with E-state index in [1.807, 2.05) is 13.1 Å². The minimum absolute atomic E-state index is 0.185. The molecule has 108 valence electrons. The Morgan fingerprint density at radius 2 is 2.35 bits per heavy atom. The number of anilines is 2. The molecule has 2 aliphatic rings. The largest absolute Gasteiger partial charge is 0.376 e. The van der Waals surface area contributed by atoms with Crippen LogP contribution >= 0.6 is 11.6 Å². The number of carbonyl (C=O) groups is 1. The minimum Gasteiger partial charge on any atom is -0.376 e. The van der Waals surface area contributed by atoms with Crippen molar-refractivity contribution in [2.45, 2.75) is 25.0 Å². The summed E-state index contributed by atoms with van der Waals surface area (Å²) in [7, 11) is 1.98. The van der Waals surface area contributed by atoms with Gasteiger partial charge in [-0.15, -0.1) is 0 Å². The van der Waals surface area contributed by atoms with Gasteiger partial charge in [-0.3, -0.25) is 4.79 Å². The molecule has 2 heterocycles. The van der Waals surface area contributed by atoms with E-state index in [4.69, 9.17) is 22.1 Å². The van der Waals surface area contributed by atoms with Gasteiger partial charge in [0, 0.05) is 31.5 Å². The molecule has 0 bridgehead atoms. The quantitative estimate of drug-likeness (QED) is 0.894. The van der Waals surface area contributed by atoms with Gasteiger partial charge in [0.05, 0.1) is 16.8 Å². The zero-order valence-electron chi connectivity index (χ0n) is 11.4. The highest BCUT2D eigenvalue weighted by molar-refractivity contribution is 6.33. The molecule has 1 amide bonds. The van der Waals surface area contributed by atoms with E-state index < -0.39 is 6.04 Å². The van der Waals surface area contributed by atoms with Gasteiger partial charge in [0.15, 0.2) is 0 Å². The number of carbonyl (C=O) groups excluding carboxylic acids is 1. The van der Waals surface area contributed by atoms with Gasteiger partial charge in [-0.25, -0.2) is 0 Å². The molecule has 0 aliphatic carbocycles. The molecule has 1 saturated heterocycles. The molecule has 2 aliphatic heterocycles. The average molecular weight is 296 g/mol.